The van der Waals surface area contributed by atoms with E-state index in [1.807, 2.05) is 0 Å². The van der Waals surface area contributed by atoms with Gasteiger partial charge >= 0.3 is 0 Å². The van der Waals surface area contributed by atoms with Gasteiger partial charge in [0.1, 0.15) is 0 Å². The summed E-state index contributed by atoms with van der Waals surface area (Å²) >= 11 is 1.80. The van der Waals surface area contributed by atoms with E-state index in [-0.39, 0.29) is 0 Å². The van der Waals surface area contributed by atoms with Crippen LogP contribution in [0.2, 0.25) is 0 Å². The van der Waals surface area contributed by atoms with E-state index in [4.69, 9.17) is 0 Å². The second-order valence-corrected chi connectivity index (χ2v) is 6.58. The number of hydrogen-bond acceptors (Lipinski definition) is 3. The van der Waals surface area contributed by atoms with Crippen molar-refractivity contribution in [2.45, 2.75) is 39.2 Å². The molecule has 0 saturated carbocycles. The summed E-state index contributed by atoms with van der Waals surface area (Å²) in [4.78, 5) is 2.52. The molecule has 1 fully saturated rings. The van der Waals surface area contributed by atoms with Crippen molar-refractivity contribution >= 4 is 11.3 Å². The topological polar surface area (TPSA) is 15.3 Å². The monoisotopic (exact) mass is 266 g/mol. The predicted molar refractivity (Wildman–Crippen MR) is 80.1 cm³/mol. The van der Waals surface area contributed by atoms with Crippen molar-refractivity contribution in [1.29, 1.82) is 0 Å². The molecule has 0 radical (unpaired) electrons. The Bertz CT molecular complexity index is 323. The summed E-state index contributed by atoms with van der Waals surface area (Å²) in [5.41, 5.74) is 2.02. The molecule has 0 bridgehead atoms. The van der Waals surface area contributed by atoms with Gasteiger partial charge in [-0.05, 0) is 67.2 Å². The van der Waals surface area contributed by atoms with Crippen LogP contribution in [0.5, 0.6) is 0 Å². The van der Waals surface area contributed by atoms with Crippen LogP contribution < -0.4 is 5.32 Å². The molecule has 0 aromatic carbocycles. The second-order valence-electron chi connectivity index (χ2n) is 5.80. The minimum absolute atomic E-state index is 0.560. The highest BCUT2D eigenvalue weighted by molar-refractivity contribution is 7.07. The summed E-state index contributed by atoms with van der Waals surface area (Å²) in [7, 11) is 2.27. The van der Waals surface area contributed by atoms with Crippen LogP contribution in [0.3, 0.4) is 0 Å². The van der Waals surface area contributed by atoms with Crippen LogP contribution in [-0.2, 0) is 6.54 Å². The van der Waals surface area contributed by atoms with E-state index < -0.39 is 0 Å². The smallest absolute Gasteiger partial charge is 0.0239 e. The Kier molecular flexibility index (Phi) is 5.22. The average molecular weight is 266 g/mol. The normalized spacial score (nSPS) is 19.3. The van der Waals surface area contributed by atoms with Gasteiger partial charge in [-0.25, -0.2) is 0 Å². The molecule has 18 heavy (non-hydrogen) atoms. The lowest BCUT2D eigenvalue weighted by molar-refractivity contribution is 0.113. The standard InChI is InChI=1S/C15H26N2S/c1-3-5-15(6-8-16-9-7-15)13-17(2)11-14-4-10-18-12-14/h4,10,12,16H,3,5-9,11,13H2,1-2H3. The molecule has 2 heterocycles. The third-order valence-electron chi connectivity index (χ3n) is 4.08. The van der Waals surface area contributed by atoms with Gasteiger partial charge in [0.15, 0.2) is 0 Å². The van der Waals surface area contributed by atoms with Gasteiger partial charge in [0.05, 0.1) is 0 Å². The highest BCUT2D eigenvalue weighted by Crippen LogP contribution is 2.35. The maximum Gasteiger partial charge on any atom is 0.0239 e. The molecule has 102 valence electrons. The maximum absolute atomic E-state index is 3.50. The molecule has 1 saturated heterocycles. The van der Waals surface area contributed by atoms with Crippen LogP contribution in [0.4, 0.5) is 0 Å². The number of thiophene rings is 1. The maximum atomic E-state index is 3.50. The average Bonchev–Trinajstić information content (AvgIpc) is 2.83. The lowest BCUT2D eigenvalue weighted by Crippen LogP contribution is -2.43. The zero-order valence-corrected chi connectivity index (χ0v) is 12.6. The Morgan fingerprint density at radius 1 is 1.39 bits per heavy atom. The first-order chi connectivity index (χ1) is 8.74. The Morgan fingerprint density at radius 2 is 2.17 bits per heavy atom. The van der Waals surface area contributed by atoms with E-state index in [2.05, 4.69) is 41.0 Å². The first kappa shape index (κ1) is 14.0. The molecule has 0 unspecified atom stereocenters. The van der Waals surface area contributed by atoms with E-state index >= 15 is 0 Å². The van der Waals surface area contributed by atoms with E-state index in [0.717, 1.165) is 6.54 Å². The molecule has 3 heteroatoms. The molecule has 1 aromatic heterocycles. The highest BCUT2D eigenvalue weighted by atomic mass is 32.1. The van der Waals surface area contributed by atoms with Gasteiger partial charge in [-0.2, -0.15) is 11.3 Å². The molecule has 1 N–H and O–H groups in total. The molecule has 0 amide bonds. The molecule has 0 aliphatic carbocycles. The Morgan fingerprint density at radius 3 is 2.78 bits per heavy atom. The fraction of sp³-hybridized carbons (Fsp3) is 0.733. The SMILES string of the molecule is CCCC1(CN(C)Cc2ccsc2)CCNCC1. The van der Waals surface area contributed by atoms with Crippen molar-refractivity contribution in [3.8, 4) is 0 Å². The number of piperidine rings is 1. The Balaban J connectivity index is 1.91. The lowest BCUT2D eigenvalue weighted by Gasteiger charge is -2.40. The zero-order chi connectivity index (χ0) is 12.8. The van der Waals surface area contributed by atoms with Crippen molar-refractivity contribution in [2.24, 2.45) is 5.41 Å². The second kappa shape index (κ2) is 6.69. The van der Waals surface area contributed by atoms with Crippen LogP contribution >= 0.6 is 11.3 Å². The number of hydrogen-bond donors (Lipinski definition) is 1. The van der Waals surface area contributed by atoms with Crippen molar-refractivity contribution in [3.63, 3.8) is 0 Å². The first-order valence-corrected chi connectivity index (χ1v) is 8.09. The van der Waals surface area contributed by atoms with Crippen LogP contribution in [0.15, 0.2) is 16.8 Å². The van der Waals surface area contributed by atoms with Gasteiger partial charge in [0.2, 0.25) is 0 Å². The van der Waals surface area contributed by atoms with Crippen LogP contribution in [0.1, 0.15) is 38.2 Å². The van der Waals surface area contributed by atoms with E-state index in [1.165, 1.54) is 50.9 Å². The number of nitrogens with zero attached hydrogens (tertiary/aromatic N) is 1. The number of rotatable bonds is 6. The summed E-state index contributed by atoms with van der Waals surface area (Å²) in [6, 6.07) is 2.25. The molecule has 2 rings (SSSR count). The quantitative estimate of drug-likeness (QED) is 0.849. The van der Waals surface area contributed by atoms with Crippen molar-refractivity contribution < 1.29 is 0 Å². The van der Waals surface area contributed by atoms with Crippen LogP contribution in [0, 0.1) is 5.41 Å². The van der Waals surface area contributed by atoms with Crippen molar-refractivity contribution in [1.82, 2.24) is 10.2 Å². The largest absolute Gasteiger partial charge is 0.317 e. The summed E-state index contributed by atoms with van der Waals surface area (Å²) < 4.78 is 0. The number of nitrogens with one attached hydrogen (secondary N) is 1. The first-order valence-electron chi connectivity index (χ1n) is 7.14. The summed E-state index contributed by atoms with van der Waals surface area (Å²) in [6.07, 6.45) is 5.37. The van der Waals surface area contributed by atoms with Crippen LogP contribution in [-0.4, -0.2) is 31.6 Å². The van der Waals surface area contributed by atoms with Crippen molar-refractivity contribution in [2.75, 3.05) is 26.7 Å². The summed E-state index contributed by atoms with van der Waals surface area (Å²) in [5, 5.41) is 7.95. The highest BCUT2D eigenvalue weighted by Gasteiger charge is 2.32. The Labute approximate surface area is 115 Å². The molecule has 1 aromatic rings. The van der Waals surface area contributed by atoms with E-state index in [1.54, 1.807) is 11.3 Å². The van der Waals surface area contributed by atoms with Crippen molar-refractivity contribution in [3.05, 3.63) is 22.4 Å². The van der Waals surface area contributed by atoms with Gasteiger partial charge in [0.25, 0.3) is 0 Å². The van der Waals surface area contributed by atoms with Gasteiger partial charge in [0, 0.05) is 13.1 Å². The van der Waals surface area contributed by atoms with E-state index in [0.29, 0.717) is 5.41 Å². The van der Waals surface area contributed by atoms with Gasteiger partial charge in [-0.3, -0.25) is 0 Å². The molecule has 0 spiro atoms. The molecule has 1 aliphatic rings. The fourth-order valence-corrected chi connectivity index (χ4v) is 3.96. The summed E-state index contributed by atoms with van der Waals surface area (Å²) in [5.74, 6) is 0. The minimum Gasteiger partial charge on any atom is -0.317 e. The van der Waals surface area contributed by atoms with Gasteiger partial charge in [-0.15, -0.1) is 0 Å². The lowest BCUT2D eigenvalue weighted by atomic mass is 9.75. The Hall–Kier alpha value is -0.380. The third-order valence-corrected chi connectivity index (χ3v) is 4.81. The van der Waals surface area contributed by atoms with E-state index in [9.17, 15) is 0 Å². The predicted octanol–water partition coefficient (Wildman–Crippen LogP) is 3.35. The molecular formula is C15H26N2S. The third kappa shape index (κ3) is 3.81. The molecule has 0 atom stereocenters. The van der Waals surface area contributed by atoms with Gasteiger partial charge in [-0.1, -0.05) is 13.3 Å². The fourth-order valence-electron chi connectivity index (χ4n) is 3.30. The molecule has 1 aliphatic heterocycles. The molecular weight excluding hydrogens is 240 g/mol. The zero-order valence-electron chi connectivity index (χ0n) is 11.7. The minimum atomic E-state index is 0.560. The van der Waals surface area contributed by atoms with Crippen LogP contribution in [0.25, 0.3) is 0 Å². The van der Waals surface area contributed by atoms with Gasteiger partial charge < -0.3 is 10.2 Å². The molecule has 2 nitrogen and oxygen atoms in total. The summed E-state index contributed by atoms with van der Waals surface area (Å²) in [6.45, 7) is 7.07.